The molecule has 0 radical (unpaired) electrons. The van der Waals surface area contributed by atoms with Crippen molar-refractivity contribution in [1.82, 2.24) is 0 Å². The zero-order valence-corrected chi connectivity index (χ0v) is 11.8. The van der Waals surface area contributed by atoms with E-state index >= 15 is 0 Å². The molecule has 0 fully saturated rings. The molecule has 0 spiro atoms. The van der Waals surface area contributed by atoms with E-state index in [4.69, 9.17) is 4.74 Å². The molecule has 0 heterocycles. The molecule has 0 N–H and O–H groups in total. The molecule has 2 aromatic carbocycles. The summed E-state index contributed by atoms with van der Waals surface area (Å²) in [5.74, 6) is -1.60. The van der Waals surface area contributed by atoms with Gasteiger partial charge in [-0.1, -0.05) is 25.1 Å². The Morgan fingerprint density at radius 2 is 1.68 bits per heavy atom. The fourth-order valence-corrected chi connectivity index (χ4v) is 1.95. The summed E-state index contributed by atoms with van der Waals surface area (Å²) in [6.07, 6.45) is 0.393. The lowest BCUT2D eigenvalue weighted by Gasteiger charge is -2.05. The summed E-state index contributed by atoms with van der Waals surface area (Å²) in [7, 11) is 0. The summed E-state index contributed by atoms with van der Waals surface area (Å²) in [6.45, 7) is 1.74. The van der Waals surface area contributed by atoms with E-state index in [0.29, 0.717) is 12.0 Å². The molecule has 22 heavy (non-hydrogen) atoms. The highest BCUT2D eigenvalue weighted by atomic mass is 16.6. The highest BCUT2D eigenvalue weighted by Gasteiger charge is 2.19. The second kappa shape index (κ2) is 6.62. The van der Waals surface area contributed by atoms with Gasteiger partial charge in [0.1, 0.15) is 0 Å². The van der Waals surface area contributed by atoms with Crippen molar-refractivity contribution in [2.75, 3.05) is 0 Å². The van der Waals surface area contributed by atoms with E-state index in [-0.39, 0.29) is 16.8 Å². The van der Waals surface area contributed by atoms with Gasteiger partial charge >= 0.3 is 11.9 Å². The van der Waals surface area contributed by atoms with Crippen LogP contribution in [0, 0.1) is 10.1 Å². The van der Waals surface area contributed by atoms with Gasteiger partial charge in [-0.05, 0) is 30.7 Å². The maximum absolute atomic E-state index is 12.0. The minimum atomic E-state index is -0.835. The molecule has 0 aliphatic rings. The largest absolute Gasteiger partial charge is 0.386 e. The van der Waals surface area contributed by atoms with E-state index in [1.54, 1.807) is 25.1 Å². The van der Waals surface area contributed by atoms with Crippen LogP contribution >= 0.6 is 0 Å². The van der Waals surface area contributed by atoms with Crippen molar-refractivity contribution in [3.8, 4) is 0 Å². The van der Waals surface area contributed by atoms with E-state index < -0.39 is 16.9 Å². The third kappa shape index (κ3) is 3.35. The second-order valence-corrected chi connectivity index (χ2v) is 4.50. The molecule has 0 atom stereocenters. The Kier molecular flexibility index (Phi) is 4.63. The summed E-state index contributed by atoms with van der Waals surface area (Å²) in [5.41, 5.74) is 0.709. The highest BCUT2D eigenvalue weighted by molar-refractivity contribution is 6.02. The van der Waals surface area contributed by atoms with E-state index in [9.17, 15) is 19.7 Å². The lowest BCUT2D eigenvalue weighted by atomic mass is 10.1. The van der Waals surface area contributed by atoms with Crippen molar-refractivity contribution >= 4 is 17.6 Å². The average Bonchev–Trinajstić information content (AvgIpc) is 2.54. The van der Waals surface area contributed by atoms with Gasteiger partial charge in [-0.15, -0.1) is 0 Å². The van der Waals surface area contributed by atoms with Crippen LogP contribution in [0.15, 0.2) is 48.5 Å². The van der Waals surface area contributed by atoms with Crippen LogP contribution in [0.4, 0.5) is 5.69 Å². The average molecular weight is 299 g/mol. The molecule has 2 rings (SSSR count). The van der Waals surface area contributed by atoms with Crippen molar-refractivity contribution in [2.24, 2.45) is 0 Å². The SMILES string of the molecule is CCc1cc(C(=O)OC(=O)c2ccccc2)ccc1[N+](=O)[O-]. The molecule has 0 bridgehead atoms. The van der Waals surface area contributed by atoms with E-state index in [0.717, 1.165) is 0 Å². The van der Waals surface area contributed by atoms with E-state index in [1.807, 2.05) is 0 Å². The molecule has 0 saturated heterocycles. The van der Waals surface area contributed by atoms with Crippen LogP contribution in [0.5, 0.6) is 0 Å². The summed E-state index contributed by atoms with van der Waals surface area (Å²) >= 11 is 0. The van der Waals surface area contributed by atoms with Crippen LogP contribution in [-0.4, -0.2) is 16.9 Å². The molecular formula is C16H13NO5. The van der Waals surface area contributed by atoms with Crippen molar-refractivity contribution in [3.05, 3.63) is 75.3 Å². The molecular weight excluding hydrogens is 286 g/mol. The number of nitro groups is 1. The second-order valence-electron chi connectivity index (χ2n) is 4.50. The number of aryl methyl sites for hydroxylation is 1. The predicted octanol–water partition coefficient (Wildman–Crippen LogP) is 3.15. The molecule has 0 saturated carbocycles. The van der Waals surface area contributed by atoms with E-state index in [1.165, 1.54) is 30.3 Å². The molecule has 0 aliphatic carbocycles. The van der Waals surface area contributed by atoms with Gasteiger partial charge in [-0.2, -0.15) is 0 Å². The quantitative estimate of drug-likeness (QED) is 0.374. The van der Waals surface area contributed by atoms with Crippen LogP contribution in [0.2, 0.25) is 0 Å². The molecule has 0 aliphatic heterocycles. The van der Waals surface area contributed by atoms with Gasteiger partial charge in [0.15, 0.2) is 0 Å². The fourth-order valence-electron chi connectivity index (χ4n) is 1.95. The normalized spacial score (nSPS) is 10.0. The summed E-state index contributed by atoms with van der Waals surface area (Å²) in [5, 5.41) is 10.9. The Hall–Kier alpha value is -3.02. The number of rotatable bonds is 4. The van der Waals surface area contributed by atoms with Gasteiger partial charge in [0.05, 0.1) is 16.1 Å². The van der Waals surface area contributed by atoms with Crippen LogP contribution in [-0.2, 0) is 11.2 Å². The molecule has 6 nitrogen and oxygen atoms in total. The molecule has 6 heteroatoms. The topological polar surface area (TPSA) is 86.5 Å². The maximum Gasteiger partial charge on any atom is 0.346 e. The van der Waals surface area contributed by atoms with Gasteiger partial charge in [-0.3, -0.25) is 10.1 Å². The molecule has 112 valence electrons. The van der Waals surface area contributed by atoms with Crippen molar-refractivity contribution in [2.45, 2.75) is 13.3 Å². The zero-order chi connectivity index (χ0) is 16.1. The van der Waals surface area contributed by atoms with Gasteiger partial charge in [0.25, 0.3) is 5.69 Å². The Bertz CT molecular complexity index is 725. The van der Waals surface area contributed by atoms with Crippen molar-refractivity contribution in [1.29, 1.82) is 0 Å². The van der Waals surface area contributed by atoms with Gasteiger partial charge < -0.3 is 4.74 Å². The smallest absolute Gasteiger partial charge is 0.346 e. The van der Waals surface area contributed by atoms with E-state index in [2.05, 4.69) is 0 Å². The third-order valence-electron chi connectivity index (χ3n) is 3.09. The highest BCUT2D eigenvalue weighted by Crippen LogP contribution is 2.21. The number of hydrogen-bond acceptors (Lipinski definition) is 5. The molecule has 0 amide bonds. The summed E-state index contributed by atoms with van der Waals surface area (Å²) in [4.78, 5) is 34.1. The monoisotopic (exact) mass is 299 g/mol. The standard InChI is InChI=1S/C16H13NO5/c1-2-11-10-13(8-9-14(11)17(20)21)16(19)22-15(18)12-6-4-3-5-7-12/h3-10H,2H2,1H3. The molecule has 0 aromatic heterocycles. The lowest BCUT2D eigenvalue weighted by molar-refractivity contribution is -0.385. The third-order valence-corrected chi connectivity index (χ3v) is 3.09. The zero-order valence-electron chi connectivity index (χ0n) is 11.8. The number of carbonyl (C=O) groups is 2. The number of hydrogen-bond donors (Lipinski definition) is 0. The molecule has 0 unspecified atom stereocenters. The first-order chi connectivity index (χ1) is 10.5. The minimum Gasteiger partial charge on any atom is -0.386 e. The number of benzene rings is 2. The Morgan fingerprint density at radius 1 is 1.05 bits per heavy atom. The van der Waals surface area contributed by atoms with Crippen LogP contribution in [0.25, 0.3) is 0 Å². The first-order valence-corrected chi connectivity index (χ1v) is 6.61. The van der Waals surface area contributed by atoms with Crippen molar-refractivity contribution in [3.63, 3.8) is 0 Å². The molecule has 2 aromatic rings. The number of carbonyl (C=O) groups excluding carboxylic acids is 2. The van der Waals surface area contributed by atoms with Gasteiger partial charge in [-0.25, -0.2) is 9.59 Å². The first kappa shape index (κ1) is 15.4. The minimum absolute atomic E-state index is 0.0616. The first-order valence-electron chi connectivity index (χ1n) is 6.61. The summed E-state index contributed by atoms with van der Waals surface area (Å²) in [6, 6.07) is 12.0. The van der Waals surface area contributed by atoms with Crippen molar-refractivity contribution < 1.29 is 19.2 Å². The number of nitrogens with zero attached hydrogens (tertiary/aromatic N) is 1. The number of nitro benzene ring substituents is 1. The Morgan fingerprint density at radius 3 is 2.27 bits per heavy atom. The number of ether oxygens (including phenoxy) is 1. The predicted molar refractivity (Wildman–Crippen MR) is 78.7 cm³/mol. The van der Waals surface area contributed by atoms with Gasteiger partial charge in [0.2, 0.25) is 0 Å². The Labute approximate surface area is 126 Å². The van der Waals surface area contributed by atoms with Crippen LogP contribution < -0.4 is 0 Å². The van der Waals surface area contributed by atoms with Crippen LogP contribution in [0.3, 0.4) is 0 Å². The van der Waals surface area contributed by atoms with Crippen LogP contribution in [0.1, 0.15) is 33.2 Å². The number of esters is 2. The Balaban J connectivity index is 2.20. The maximum atomic E-state index is 12.0. The lowest BCUT2D eigenvalue weighted by Crippen LogP contribution is -2.13. The van der Waals surface area contributed by atoms with Gasteiger partial charge in [0, 0.05) is 11.6 Å². The summed E-state index contributed by atoms with van der Waals surface area (Å²) < 4.78 is 4.77. The fraction of sp³-hybridized carbons (Fsp3) is 0.125.